The number of thioether (sulfide) groups is 1. The van der Waals surface area contributed by atoms with Crippen LogP contribution < -0.4 is 5.32 Å². The Balaban J connectivity index is 1.70. The van der Waals surface area contributed by atoms with Gasteiger partial charge in [0.05, 0.1) is 6.42 Å². The third kappa shape index (κ3) is 4.16. The molecule has 29 heavy (non-hydrogen) atoms. The van der Waals surface area contributed by atoms with E-state index in [1.54, 1.807) is 17.8 Å². The summed E-state index contributed by atoms with van der Waals surface area (Å²) in [6.07, 6.45) is 4.51. The van der Waals surface area contributed by atoms with Gasteiger partial charge < -0.3 is 10.2 Å². The number of hydrogen-bond donors (Lipinski definition) is 1. The van der Waals surface area contributed by atoms with Crippen LogP contribution in [0.25, 0.3) is 17.2 Å². The minimum absolute atomic E-state index is 0.113. The number of carbonyl (C=O) groups excluding carboxylic acids is 1. The van der Waals surface area contributed by atoms with E-state index in [0.29, 0.717) is 6.42 Å². The van der Waals surface area contributed by atoms with Gasteiger partial charge in [-0.3, -0.25) is 4.79 Å². The summed E-state index contributed by atoms with van der Waals surface area (Å²) in [5, 5.41) is 3.27. The van der Waals surface area contributed by atoms with E-state index in [4.69, 9.17) is 0 Å². The Morgan fingerprint density at radius 1 is 1.14 bits per heavy atom. The Morgan fingerprint density at radius 2 is 1.86 bits per heavy atom. The molecule has 2 aromatic rings. The van der Waals surface area contributed by atoms with Crippen molar-refractivity contribution in [1.82, 2.24) is 10.2 Å². The normalized spacial score (nSPS) is 17.8. The number of piperazine rings is 1. The molecule has 5 heteroatoms. The second-order valence-corrected chi connectivity index (χ2v) is 8.31. The van der Waals surface area contributed by atoms with Crippen LogP contribution in [-0.4, -0.2) is 43.2 Å². The van der Waals surface area contributed by atoms with Crippen LogP contribution in [0.15, 0.2) is 52.9 Å². The molecule has 150 valence electrons. The van der Waals surface area contributed by atoms with Gasteiger partial charge in [-0.05, 0) is 76.9 Å². The molecule has 2 aliphatic rings. The van der Waals surface area contributed by atoms with E-state index >= 15 is 0 Å². The van der Waals surface area contributed by atoms with Gasteiger partial charge in [0, 0.05) is 31.1 Å². The van der Waals surface area contributed by atoms with Crippen LogP contribution in [0.5, 0.6) is 0 Å². The molecule has 1 heterocycles. The van der Waals surface area contributed by atoms with Crippen LogP contribution in [0, 0.1) is 5.82 Å². The highest BCUT2D eigenvalue weighted by Gasteiger charge is 2.27. The monoisotopic (exact) mass is 408 g/mol. The summed E-state index contributed by atoms with van der Waals surface area (Å²) in [6, 6.07) is 13.3. The molecule has 1 amide bonds. The maximum absolute atomic E-state index is 14.0. The maximum Gasteiger partial charge on any atom is 0.227 e. The number of rotatable bonds is 4. The van der Waals surface area contributed by atoms with Gasteiger partial charge in [-0.1, -0.05) is 18.2 Å². The molecule has 0 spiro atoms. The second-order valence-electron chi connectivity index (χ2n) is 7.43. The molecule has 0 radical (unpaired) electrons. The molecule has 4 rings (SSSR count). The molecule has 0 aromatic heterocycles. The molecule has 1 aliphatic carbocycles. The summed E-state index contributed by atoms with van der Waals surface area (Å²) in [5.41, 5.74) is 6.01. The van der Waals surface area contributed by atoms with E-state index in [0.717, 1.165) is 59.6 Å². The lowest BCUT2D eigenvalue weighted by Crippen LogP contribution is -2.46. The van der Waals surface area contributed by atoms with Crippen LogP contribution in [0.4, 0.5) is 4.39 Å². The Hall–Kier alpha value is -2.37. The van der Waals surface area contributed by atoms with Gasteiger partial charge in [0.2, 0.25) is 5.91 Å². The van der Waals surface area contributed by atoms with E-state index in [1.807, 2.05) is 17.9 Å². The smallest absolute Gasteiger partial charge is 0.227 e. The second kappa shape index (κ2) is 8.56. The van der Waals surface area contributed by atoms with E-state index in [9.17, 15) is 9.18 Å². The van der Waals surface area contributed by atoms with E-state index in [1.165, 1.54) is 11.0 Å². The zero-order valence-corrected chi connectivity index (χ0v) is 17.6. The summed E-state index contributed by atoms with van der Waals surface area (Å²) in [6.45, 7) is 5.15. The fourth-order valence-corrected chi connectivity index (χ4v) is 4.43. The lowest BCUT2D eigenvalue weighted by Gasteiger charge is -2.27. The summed E-state index contributed by atoms with van der Waals surface area (Å²) in [5.74, 6) is -0.157. The number of nitrogens with zero attached hydrogens (tertiary/aromatic N) is 1. The summed E-state index contributed by atoms with van der Waals surface area (Å²) in [4.78, 5) is 16.0. The van der Waals surface area contributed by atoms with Crippen molar-refractivity contribution in [3.63, 3.8) is 0 Å². The number of nitrogens with one attached hydrogen (secondary N) is 1. The van der Waals surface area contributed by atoms with E-state index in [-0.39, 0.29) is 11.7 Å². The highest BCUT2D eigenvalue weighted by Crippen LogP contribution is 2.44. The average molecular weight is 409 g/mol. The topological polar surface area (TPSA) is 32.3 Å². The standard InChI is InChI=1S/C24H25FN2OS/c1-16-21(13-17-3-6-19(29-2)7-4-17)20-8-5-18(25)14-23(20)22(16)15-24(28)27-11-9-26-10-12-27/h3-8,13-14,26H,9-12,15H2,1-2H3/b21-13-. The van der Waals surface area contributed by atoms with Crippen LogP contribution in [0.1, 0.15) is 30.0 Å². The maximum atomic E-state index is 14.0. The highest BCUT2D eigenvalue weighted by atomic mass is 32.2. The minimum Gasteiger partial charge on any atom is -0.340 e. The summed E-state index contributed by atoms with van der Waals surface area (Å²) in [7, 11) is 0. The van der Waals surface area contributed by atoms with Crippen molar-refractivity contribution in [2.75, 3.05) is 32.4 Å². The van der Waals surface area contributed by atoms with Crippen molar-refractivity contribution >= 4 is 34.9 Å². The van der Waals surface area contributed by atoms with Gasteiger partial charge in [0.1, 0.15) is 5.82 Å². The van der Waals surface area contributed by atoms with Gasteiger partial charge in [0.15, 0.2) is 0 Å². The molecule has 1 saturated heterocycles. The first-order chi connectivity index (χ1) is 14.1. The fourth-order valence-electron chi connectivity index (χ4n) is 4.03. The predicted octanol–water partition coefficient (Wildman–Crippen LogP) is 4.70. The number of benzene rings is 2. The average Bonchev–Trinajstić information content (AvgIpc) is 3.00. The number of fused-ring (bicyclic) bond motifs is 1. The first kappa shape index (κ1) is 19.9. The van der Waals surface area contributed by atoms with Gasteiger partial charge in [-0.2, -0.15) is 0 Å². The molecular formula is C24H25FN2OS. The van der Waals surface area contributed by atoms with Gasteiger partial charge >= 0.3 is 0 Å². The van der Waals surface area contributed by atoms with Crippen molar-refractivity contribution in [2.45, 2.75) is 18.2 Å². The highest BCUT2D eigenvalue weighted by molar-refractivity contribution is 7.98. The third-order valence-electron chi connectivity index (χ3n) is 5.68. The summed E-state index contributed by atoms with van der Waals surface area (Å²) >= 11 is 1.71. The number of carbonyl (C=O) groups is 1. The van der Waals surface area contributed by atoms with Gasteiger partial charge in [-0.25, -0.2) is 4.39 Å². The molecule has 0 atom stereocenters. The number of allylic oxidation sites excluding steroid dienone is 2. The molecule has 3 nitrogen and oxygen atoms in total. The van der Waals surface area contributed by atoms with Gasteiger partial charge in [0.25, 0.3) is 0 Å². The SMILES string of the molecule is CSc1ccc(/C=C2/C(C)=C(CC(=O)N3CCNCC3)c3cc(F)ccc32)cc1. The number of amides is 1. The Kier molecular flexibility index (Phi) is 5.88. The van der Waals surface area contributed by atoms with Crippen molar-refractivity contribution in [1.29, 1.82) is 0 Å². The number of hydrogen-bond acceptors (Lipinski definition) is 3. The van der Waals surface area contributed by atoms with Crippen LogP contribution in [0.2, 0.25) is 0 Å². The summed E-state index contributed by atoms with van der Waals surface area (Å²) < 4.78 is 14.0. The molecule has 1 fully saturated rings. The van der Waals surface area contributed by atoms with Crippen molar-refractivity contribution in [2.24, 2.45) is 0 Å². The molecule has 0 unspecified atom stereocenters. The molecular weight excluding hydrogens is 383 g/mol. The lowest BCUT2D eigenvalue weighted by atomic mass is 10.0. The van der Waals surface area contributed by atoms with E-state index in [2.05, 4.69) is 41.9 Å². The van der Waals surface area contributed by atoms with E-state index < -0.39 is 0 Å². The van der Waals surface area contributed by atoms with Crippen LogP contribution in [0.3, 0.4) is 0 Å². The van der Waals surface area contributed by atoms with Gasteiger partial charge in [-0.15, -0.1) is 11.8 Å². The number of halogens is 1. The first-order valence-electron chi connectivity index (χ1n) is 9.91. The molecule has 1 aliphatic heterocycles. The quantitative estimate of drug-likeness (QED) is 0.745. The molecule has 2 aromatic carbocycles. The Labute approximate surface area is 175 Å². The molecule has 0 bridgehead atoms. The molecule has 0 saturated carbocycles. The minimum atomic E-state index is -0.269. The zero-order valence-electron chi connectivity index (χ0n) is 16.8. The predicted molar refractivity (Wildman–Crippen MR) is 119 cm³/mol. The fraction of sp³-hybridized carbons (Fsp3) is 0.292. The molecule has 1 N–H and O–H groups in total. The van der Waals surface area contributed by atoms with Crippen molar-refractivity contribution in [3.8, 4) is 0 Å². The van der Waals surface area contributed by atoms with Crippen LogP contribution >= 0.6 is 11.8 Å². The van der Waals surface area contributed by atoms with Crippen LogP contribution in [-0.2, 0) is 4.79 Å². The Bertz CT molecular complexity index is 988. The first-order valence-corrected chi connectivity index (χ1v) is 11.1. The van der Waals surface area contributed by atoms with Crippen molar-refractivity contribution < 1.29 is 9.18 Å². The zero-order chi connectivity index (χ0) is 20.4. The largest absolute Gasteiger partial charge is 0.340 e. The third-order valence-corrected chi connectivity index (χ3v) is 6.42. The lowest BCUT2D eigenvalue weighted by molar-refractivity contribution is -0.130. The Morgan fingerprint density at radius 3 is 2.55 bits per heavy atom. The van der Waals surface area contributed by atoms with Crippen molar-refractivity contribution in [3.05, 3.63) is 70.5 Å².